The molecule has 1 N–H and O–H groups in total. The molecule has 3 aromatic rings. The lowest BCUT2D eigenvalue weighted by Gasteiger charge is -2.13. The van der Waals surface area contributed by atoms with Crippen LogP contribution >= 0.6 is 23.5 Å². The van der Waals surface area contributed by atoms with Crippen LogP contribution in [-0.4, -0.2) is 27.0 Å². The normalized spacial score (nSPS) is 12.6. The smallest absolute Gasteiger partial charge is 0.272 e. The predicted octanol–water partition coefficient (Wildman–Crippen LogP) is 3.43. The van der Waals surface area contributed by atoms with Crippen molar-refractivity contribution in [1.82, 2.24) is 14.9 Å². The first-order chi connectivity index (χ1) is 14.1. The monoisotopic (exact) mass is 427 g/mol. The first kappa shape index (κ1) is 19.7. The third-order valence-electron chi connectivity index (χ3n) is 4.42. The first-order valence-corrected chi connectivity index (χ1v) is 11.1. The van der Waals surface area contributed by atoms with Gasteiger partial charge in [0.25, 0.3) is 5.56 Å². The van der Waals surface area contributed by atoms with E-state index < -0.39 is 0 Å². The highest BCUT2D eigenvalue weighted by Gasteiger charge is 2.22. The number of nitrogens with zero attached hydrogens (tertiary/aromatic N) is 2. The van der Waals surface area contributed by atoms with Crippen molar-refractivity contribution in [2.75, 3.05) is 11.5 Å². The molecule has 1 aliphatic heterocycles. The summed E-state index contributed by atoms with van der Waals surface area (Å²) in [6.07, 6.45) is 0.759. The van der Waals surface area contributed by atoms with Gasteiger partial charge in [-0.25, -0.2) is 9.37 Å². The Balaban J connectivity index is 1.51. The highest BCUT2D eigenvalue weighted by Crippen LogP contribution is 2.29. The van der Waals surface area contributed by atoms with E-state index in [9.17, 15) is 14.0 Å². The van der Waals surface area contributed by atoms with Crippen molar-refractivity contribution in [3.8, 4) is 5.69 Å². The first-order valence-electron chi connectivity index (χ1n) is 9.10. The second kappa shape index (κ2) is 8.84. The molecule has 0 saturated heterocycles. The Morgan fingerprint density at radius 1 is 1.17 bits per heavy atom. The largest absolute Gasteiger partial charge is 0.351 e. The Labute approximate surface area is 175 Å². The molecule has 2 heterocycles. The number of fused-ring (bicyclic) bond motifs is 1. The van der Waals surface area contributed by atoms with Crippen molar-refractivity contribution < 1.29 is 9.18 Å². The van der Waals surface area contributed by atoms with E-state index in [1.165, 1.54) is 35.7 Å². The maximum atomic E-state index is 13.0. The number of hydrogen-bond donors (Lipinski definition) is 1. The minimum Gasteiger partial charge on any atom is -0.351 e. The molecule has 5 nitrogen and oxygen atoms in total. The number of aromatic nitrogens is 2. The second-order valence-corrected chi connectivity index (χ2v) is 8.48. The lowest BCUT2D eigenvalue weighted by atomic mass is 10.2. The van der Waals surface area contributed by atoms with Crippen molar-refractivity contribution in [1.29, 1.82) is 0 Å². The molecular formula is C21H18FN3O2S2. The average Bonchev–Trinajstić information content (AvgIpc) is 3.21. The molecule has 0 saturated carbocycles. The van der Waals surface area contributed by atoms with Crippen LogP contribution in [0.4, 0.5) is 4.39 Å². The van der Waals surface area contributed by atoms with Gasteiger partial charge in [0, 0.05) is 18.7 Å². The predicted molar refractivity (Wildman–Crippen MR) is 113 cm³/mol. The minimum atomic E-state index is -0.310. The fourth-order valence-corrected chi connectivity index (χ4v) is 4.86. The Morgan fingerprint density at radius 3 is 2.69 bits per heavy atom. The number of carbonyl (C=O) groups excluding carboxylic acids is 1. The van der Waals surface area contributed by atoms with Gasteiger partial charge in [-0.3, -0.25) is 14.2 Å². The molecule has 0 unspecified atom stereocenters. The molecule has 0 aliphatic carbocycles. The zero-order valence-electron chi connectivity index (χ0n) is 15.4. The third-order valence-corrected chi connectivity index (χ3v) is 6.46. The van der Waals surface area contributed by atoms with E-state index in [4.69, 9.17) is 0 Å². The summed E-state index contributed by atoms with van der Waals surface area (Å²) < 4.78 is 14.6. The molecule has 1 aliphatic rings. The Kier molecular flexibility index (Phi) is 6.01. The van der Waals surface area contributed by atoms with Gasteiger partial charge < -0.3 is 5.32 Å². The van der Waals surface area contributed by atoms with Crippen LogP contribution in [-0.2, 0) is 17.8 Å². The molecule has 148 valence electrons. The zero-order valence-corrected chi connectivity index (χ0v) is 17.1. The number of nitrogens with one attached hydrogen (secondary N) is 1. The number of rotatable bonds is 6. The Bertz CT molecular complexity index is 1090. The number of carbonyl (C=O) groups is 1. The van der Waals surface area contributed by atoms with E-state index in [0.29, 0.717) is 16.6 Å². The summed E-state index contributed by atoms with van der Waals surface area (Å²) in [4.78, 5) is 30.7. The van der Waals surface area contributed by atoms with Crippen molar-refractivity contribution >= 4 is 29.4 Å². The maximum Gasteiger partial charge on any atom is 0.272 e. The van der Waals surface area contributed by atoms with E-state index in [1.807, 2.05) is 30.3 Å². The van der Waals surface area contributed by atoms with Crippen LogP contribution in [0.15, 0.2) is 69.4 Å². The molecule has 0 atom stereocenters. The van der Waals surface area contributed by atoms with E-state index >= 15 is 0 Å². The van der Waals surface area contributed by atoms with Gasteiger partial charge in [0.1, 0.15) is 5.82 Å². The van der Waals surface area contributed by atoms with E-state index in [0.717, 1.165) is 29.1 Å². The summed E-state index contributed by atoms with van der Waals surface area (Å²) in [5.41, 5.74) is 2.27. The number of benzene rings is 2. The van der Waals surface area contributed by atoms with Crippen LogP contribution in [0.2, 0.25) is 0 Å². The van der Waals surface area contributed by atoms with Gasteiger partial charge in [-0.1, -0.05) is 42.1 Å². The van der Waals surface area contributed by atoms with Crippen molar-refractivity contribution in [2.45, 2.75) is 23.0 Å². The minimum absolute atomic E-state index is 0.0853. The third kappa shape index (κ3) is 4.54. The van der Waals surface area contributed by atoms with Crippen LogP contribution in [0, 0.1) is 5.82 Å². The second-order valence-electron chi connectivity index (χ2n) is 6.44. The summed E-state index contributed by atoms with van der Waals surface area (Å²) >= 11 is 2.77. The quantitative estimate of drug-likeness (QED) is 0.482. The number of hydrogen-bond acceptors (Lipinski definition) is 5. The molecule has 0 radical (unpaired) electrons. The standard InChI is InChI=1S/C21H18FN3O2S2/c22-15-8-6-14(7-9-15)12-23-18(26)13-29-21-24-17-10-11-28-19(17)20(27)25(21)16-4-2-1-3-5-16/h1-9H,10-13H2,(H,23,26). The van der Waals surface area contributed by atoms with Gasteiger partial charge >= 0.3 is 0 Å². The number of aryl methyl sites for hydroxylation is 1. The fraction of sp³-hybridized carbons (Fsp3) is 0.190. The van der Waals surface area contributed by atoms with Gasteiger partial charge in [-0.15, -0.1) is 11.8 Å². The molecule has 2 aromatic carbocycles. The Hall–Kier alpha value is -2.58. The van der Waals surface area contributed by atoms with Gasteiger partial charge in [-0.05, 0) is 29.8 Å². The number of amides is 1. The number of thioether (sulfide) groups is 2. The van der Waals surface area contributed by atoms with Crippen molar-refractivity contribution in [3.05, 3.63) is 82.0 Å². The summed E-state index contributed by atoms with van der Waals surface area (Å²) in [6.45, 7) is 0.319. The zero-order chi connectivity index (χ0) is 20.2. The number of halogens is 1. The van der Waals surface area contributed by atoms with Gasteiger partial charge in [0.15, 0.2) is 5.16 Å². The highest BCUT2D eigenvalue weighted by molar-refractivity contribution is 8.00. The molecule has 4 rings (SSSR count). The van der Waals surface area contributed by atoms with Crippen LogP contribution in [0.1, 0.15) is 11.3 Å². The molecule has 8 heteroatoms. The molecule has 0 spiro atoms. The topological polar surface area (TPSA) is 64.0 Å². The number of para-hydroxylation sites is 1. The van der Waals surface area contributed by atoms with E-state index in [-0.39, 0.29) is 23.0 Å². The van der Waals surface area contributed by atoms with Crippen molar-refractivity contribution in [2.24, 2.45) is 0 Å². The van der Waals surface area contributed by atoms with Crippen LogP contribution in [0.5, 0.6) is 0 Å². The SMILES string of the molecule is O=C(CSc1nc2c(c(=O)n1-c1ccccc1)SCC2)NCc1ccc(F)cc1. The molecule has 1 amide bonds. The summed E-state index contributed by atoms with van der Waals surface area (Å²) in [7, 11) is 0. The highest BCUT2D eigenvalue weighted by atomic mass is 32.2. The maximum absolute atomic E-state index is 13.0. The summed E-state index contributed by atoms with van der Waals surface area (Å²) in [5.74, 6) is 0.490. The molecule has 1 aromatic heterocycles. The van der Waals surface area contributed by atoms with Crippen LogP contribution in [0.3, 0.4) is 0 Å². The fourth-order valence-electron chi connectivity index (χ4n) is 2.98. The Morgan fingerprint density at radius 2 is 1.93 bits per heavy atom. The summed E-state index contributed by atoms with van der Waals surface area (Å²) in [5, 5.41) is 3.33. The lowest BCUT2D eigenvalue weighted by Crippen LogP contribution is -2.27. The lowest BCUT2D eigenvalue weighted by molar-refractivity contribution is -0.118. The van der Waals surface area contributed by atoms with Crippen molar-refractivity contribution in [3.63, 3.8) is 0 Å². The van der Waals surface area contributed by atoms with E-state index in [1.54, 1.807) is 16.7 Å². The molecule has 0 fully saturated rings. The summed E-state index contributed by atoms with van der Waals surface area (Å²) in [6, 6.07) is 15.3. The molecule has 0 bridgehead atoms. The van der Waals surface area contributed by atoms with Gasteiger partial charge in [0.05, 0.1) is 22.0 Å². The van der Waals surface area contributed by atoms with Crippen LogP contribution in [0.25, 0.3) is 5.69 Å². The average molecular weight is 428 g/mol. The van der Waals surface area contributed by atoms with Gasteiger partial charge in [0.2, 0.25) is 5.91 Å². The molecule has 29 heavy (non-hydrogen) atoms. The van der Waals surface area contributed by atoms with Gasteiger partial charge in [-0.2, -0.15) is 0 Å². The van der Waals surface area contributed by atoms with E-state index in [2.05, 4.69) is 10.3 Å². The van der Waals surface area contributed by atoms with Crippen LogP contribution < -0.4 is 10.9 Å². The molecular weight excluding hydrogens is 409 g/mol.